The summed E-state index contributed by atoms with van der Waals surface area (Å²) in [5, 5.41) is 10.3. The van der Waals surface area contributed by atoms with E-state index in [0.717, 1.165) is 22.3 Å². The zero-order valence-corrected chi connectivity index (χ0v) is 16.1. The Kier molecular flexibility index (Phi) is 4.28. The summed E-state index contributed by atoms with van der Waals surface area (Å²) < 4.78 is 13.5. The molecule has 0 radical (unpaired) electrons. The first-order valence-electron chi connectivity index (χ1n) is 9.75. The highest BCUT2D eigenvalue weighted by molar-refractivity contribution is 6.01. The summed E-state index contributed by atoms with van der Waals surface area (Å²) in [5.41, 5.74) is 4.29. The molecule has 3 aromatic carbocycles. The maximum atomic E-state index is 13.5. The van der Waals surface area contributed by atoms with E-state index in [4.69, 9.17) is 0 Å². The van der Waals surface area contributed by atoms with Gasteiger partial charge in [-0.15, -0.1) is 0 Å². The summed E-state index contributed by atoms with van der Waals surface area (Å²) in [5.74, 6) is -1.09. The highest BCUT2D eigenvalue weighted by Crippen LogP contribution is 2.29. The van der Waals surface area contributed by atoms with Crippen LogP contribution in [0.1, 0.15) is 43.0 Å². The number of hydrogen-bond acceptors (Lipinski definition) is 3. The lowest BCUT2D eigenvalue weighted by atomic mass is 10.1. The molecule has 0 unspecified atom stereocenters. The molecule has 0 atom stereocenters. The van der Waals surface area contributed by atoms with Crippen molar-refractivity contribution in [3.05, 3.63) is 99.9 Å². The van der Waals surface area contributed by atoms with Crippen molar-refractivity contribution in [2.24, 2.45) is 0 Å². The average Bonchev–Trinajstić information content (AvgIpc) is 3.36. The number of carbonyl (C=O) groups excluding carboxylic acids is 2. The highest BCUT2D eigenvalue weighted by atomic mass is 19.1. The van der Waals surface area contributed by atoms with Crippen LogP contribution >= 0.6 is 0 Å². The van der Waals surface area contributed by atoms with Crippen molar-refractivity contribution in [1.82, 2.24) is 9.80 Å². The van der Waals surface area contributed by atoms with Gasteiger partial charge in [-0.2, -0.15) is 0 Å². The molecule has 0 saturated carbocycles. The summed E-state index contributed by atoms with van der Waals surface area (Å²) in [4.78, 5) is 29.3. The highest BCUT2D eigenvalue weighted by Gasteiger charge is 2.28. The lowest BCUT2D eigenvalue weighted by molar-refractivity contribution is 0.0747. The molecular weight excluding hydrogens is 383 g/mol. The summed E-state index contributed by atoms with van der Waals surface area (Å²) in [6, 6.07) is 16.7. The number of phenolic OH excluding ortho intramolecular Hbond substituents is 1. The van der Waals surface area contributed by atoms with Gasteiger partial charge in [-0.1, -0.05) is 30.3 Å². The number of amides is 2. The number of rotatable bonds is 2. The second kappa shape index (κ2) is 6.99. The molecule has 2 heterocycles. The van der Waals surface area contributed by atoms with Crippen LogP contribution in [-0.2, 0) is 26.2 Å². The van der Waals surface area contributed by atoms with Crippen molar-refractivity contribution in [2.45, 2.75) is 26.2 Å². The molecule has 5 rings (SSSR count). The first kappa shape index (κ1) is 18.4. The molecule has 0 aliphatic carbocycles. The number of hydrogen-bond donors (Lipinski definition) is 1. The average molecular weight is 402 g/mol. The zero-order chi connectivity index (χ0) is 20.8. The van der Waals surface area contributed by atoms with E-state index < -0.39 is 0 Å². The molecule has 2 amide bonds. The van der Waals surface area contributed by atoms with Crippen LogP contribution in [-0.4, -0.2) is 26.7 Å². The number of benzene rings is 3. The molecule has 2 aliphatic heterocycles. The monoisotopic (exact) mass is 402 g/mol. The lowest BCUT2D eigenvalue weighted by Crippen LogP contribution is -2.27. The van der Waals surface area contributed by atoms with E-state index in [-0.39, 0.29) is 35.5 Å². The Labute approximate surface area is 173 Å². The van der Waals surface area contributed by atoms with Gasteiger partial charge in [0.25, 0.3) is 11.8 Å². The maximum Gasteiger partial charge on any atom is 0.258 e. The van der Waals surface area contributed by atoms with Crippen LogP contribution in [0.3, 0.4) is 0 Å². The Hall–Kier alpha value is -3.67. The minimum atomic E-state index is -0.386. The molecule has 30 heavy (non-hydrogen) atoms. The number of phenols is 1. The van der Waals surface area contributed by atoms with Gasteiger partial charge in [0.1, 0.15) is 11.6 Å². The maximum absolute atomic E-state index is 13.5. The molecule has 0 saturated heterocycles. The van der Waals surface area contributed by atoms with Crippen molar-refractivity contribution >= 4 is 11.8 Å². The van der Waals surface area contributed by atoms with Gasteiger partial charge in [0.15, 0.2) is 0 Å². The Morgan fingerprint density at radius 2 is 1.33 bits per heavy atom. The van der Waals surface area contributed by atoms with E-state index in [1.54, 1.807) is 15.9 Å². The standard InChI is InChI=1S/C24H19FN2O3/c25-20-7-5-18-13-27(14-19(18)9-20)24(30)21-10-15(6-8-22(21)28)23(29)26-11-16-3-1-2-4-17(16)12-26/h1-10,28H,11-14H2. The van der Waals surface area contributed by atoms with Gasteiger partial charge < -0.3 is 14.9 Å². The number of nitrogens with zero attached hydrogens (tertiary/aromatic N) is 2. The molecule has 0 fully saturated rings. The zero-order valence-electron chi connectivity index (χ0n) is 16.1. The SMILES string of the molecule is O=C(c1ccc(O)c(C(=O)N2Cc3ccc(F)cc3C2)c1)N1Cc2ccccc2C1. The third-order valence-corrected chi connectivity index (χ3v) is 5.78. The number of aromatic hydroxyl groups is 1. The fraction of sp³-hybridized carbons (Fsp3) is 0.167. The van der Waals surface area contributed by atoms with Gasteiger partial charge in [0, 0.05) is 31.7 Å². The second-order valence-electron chi connectivity index (χ2n) is 7.74. The first-order valence-corrected chi connectivity index (χ1v) is 9.75. The fourth-order valence-electron chi connectivity index (χ4n) is 4.18. The van der Waals surface area contributed by atoms with Crippen molar-refractivity contribution in [3.63, 3.8) is 0 Å². The summed E-state index contributed by atoms with van der Waals surface area (Å²) >= 11 is 0. The smallest absolute Gasteiger partial charge is 0.258 e. The topological polar surface area (TPSA) is 60.9 Å². The Morgan fingerprint density at radius 1 is 0.733 bits per heavy atom. The summed E-state index contributed by atoms with van der Waals surface area (Å²) in [6.45, 7) is 1.65. The number of halogens is 1. The van der Waals surface area contributed by atoms with Crippen LogP contribution in [0.25, 0.3) is 0 Å². The lowest BCUT2D eigenvalue weighted by Gasteiger charge is -2.19. The van der Waals surface area contributed by atoms with Crippen LogP contribution in [0.15, 0.2) is 60.7 Å². The third-order valence-electron chi connectivity index (χ3n) is 5.78. The molecule has 5 nitrogen and oxygen atoms in total. The van der Waals surface area contributed by atoms with Gasteiger partial charge in [-0.3, -0.25) is 9.59 Å². The van der Waals surface area contributed by atoms with Crippen LogP contribution < -0.4 is 0 Å². The first-order chi connectivity index (χ1) is 14.5. The van der Waals surface area contributed by atoms with E-state index in [1.807, 2.05) is 24.3 Å². The van der Waals surface area contributed by atoms with Gasteiger partial charge >= 0.3 is 0 Å². The van der Waals surface area contributed by atoms with E-state index in [2.05, 4.69) is 0 Å². The van der Waals surface area contributed by atoms with Gasteiger partial charge in [0.2, 0.25) is 0 Å². The molecule has 6 heteroatoms. The van der Waals surface area contributed by atoms with Crippen molar-refractivity contribution < 1.29 is 19.1 Å². The summed E-state index contributed by atoms with van der Waals surface area (Å²) in [6.07, 6.45) is 0. The quantitative estimate of drug-likeness (QED) is 0.709. The Bertz CT molecular complexity index is 1170. The van der Waals surface area contributed by atoms with E-state index >= 15 is 0 Å². The molecule has 2 aliphatic rings. The normalized spacial score (nSPS) is 14.6. The van der Waals surface area contributed by atoms with E-state index in [9.17, 15) is 19.1 Å². The minimum absolute atomic E-state index is 0.0749. The molecule has 0 aromatic heterocycles. The number of fused-ring (bicyclic) bond motifs is 2. The van der Waals surface area contributed by atoms with Gasteiger partial charge in [-0.25, -0.2) is 4.39 Å². The van der Waals surface area contributed by atoms with Crippen molar-refractivity contribution in [1.29, 1.82) is 0 Å². The molecular formula is C24H19FN2O3. The second-order valence-corrected chi connectivity index (χ2v) is 7.74. The van der Waals surface area contributed by atoms with Crippen molar-refractivity contribution in [2.75, 3.05) is 0 Å². The Morgan fingerprint density at radius 3 is 2.03 bits per heavy atom. The van der Waals surface area contributed by atoms with E-state index in [1.165, 1.54) is 30.3 Å². The molecule has 3 aromatic rings. The molecule has 0 spiro atoms. The molecule has 150 valence electrons. The van der Waals surface area contributed by atoms with E-state index in [0.29, 0.717) is 25.2 Å². The van der Waals surface area contributed by atoms with Gasteiger partial charge in [-0.05, 0) is 52.6 Å². The largest absolute Gasteiger partial charge is 0.507 e. The summed E-state index contributed by atoms with van der Waals surface area (Å²) in [7, 11) is 0. The fourth-order valence-corrected chi connectivity index (χ4v) is 4.18. The van der Waals surface area contributed by atoms with Crippen LogP contribution in [0.4, 0.5) is 4.39 Å². The van der Waals surface area contributed by atoms with Crippen LogP contribution in [0.5, 0.6) is 5.75 Å². The minimum Gasteiger partial charge on any atom is -0.507 e. The van der Waals surface area contributed by atoms with Crippen LogP contribution in [0, 0.1) is 5.82 Å². The third kappa shape index (κ3) is 3.10. The predicted molar refractivity (Wildman–Crippen MR) is 108 cm³/mol. The van der Waals surface area contributed by atoms with Crippen LogP contribution in [0.2, 0.25) is 0 Å². The van der Waals surface area contributed by atoms with Crippen molar-refractivity contribution in [3.8, 4) is 5.75 Å². The molecule has 0 bridgehead atoms. The number of carbonyl (C=O) groups is 2. The Balaban J connectivity index is 1.38. The predicted octanol–water partition coefficient (Wildman–Crippen LogP) is 3.84. The molecule has 1 N–H and O–H groups in total. The van der Waals surface area contributed by atoms with Gasteiger partial charge in [0.05, 0.1) is 5.56 Å².